The number of carbonyl (C=O) groups is 1. The number of hydrogen-bond donors (Lipinski definition) is 1. The Labute approximate surface area is 149 Å². The molecule has 0 radical (unpaired) electrons. The van der Waals surface area contributed by atoms with E-state index >= 15 is 0 Å². The van der Waals surface area contributed by atoms with E-state index in [1.807, 2.05) is 0 Å². The molecule has 6 nitrogen and oxygen atoms in total. The monoisotopic (exact) mass is 418 g/mol. The summed E-state index contributed by atoms with van der Waals surface area (Å²) < 4.78 is 5.68. The van der Waals surface area contributed by atoms with Crippen molar-refractivity contribution in [2.24, 2.45) is 0 Å². The fourth-order valence-corrected chi connectivity index (χ4v) is 3.02. The van der Waals surface area contributed by atoms with Crippen molar-refractivity contribution in [3.8, 4) is 5.75 Å². The molecule has 2 rings (SSSR count). The smallest absolute Gasteiger partial charge is 0.409 e. The predicted molar refractivity (Wildman–Crippen MR) is 91.6 cm³/mol. The van der Waals surface area contributed by atoms with Crippen LogP contribution in [-0.4, -0.2) is 11.0 Å². The predicted octanol–water partition coefficient (Wildman–Crippen LogP) is 5.58. The summed E-state index contributed by atoms with van der Waals surface area (Å²) in [5.74, 6) is 0.267. The normalized spacial score (nSPS) is 10.3. The second-order valence-corrected chi connectivity index (χ2v) is 6.19. The Hall–Kier alpha value is -1.83. The van der Waals surface area contributed by atoms with Crippen LogP contribution in [0.2, 0.25) is 10.0 Å². The minimum Gasteiger partial charge on any atom is -0.409 e. The van der Waals surface area contributed by atoms with Crippen molar-refractivity contribution in [1.82, 2.24) is 0 Å². The first-order chi connectivity index (χ1) is 10.8. The van der Waals surface area contributed by atoms with Gasteiger partial charge in [0.05, 0.1) is 9.40 Å². The fraction of sp³-hybridized carbons (Fsp3) is 0.0714. The molecule has 0 aliphatic heterocycles. The molecule has 0 saturated carbocycles. The Kier molecular flexibility index (Phi) is 5.46. The molecule has 0 spiro atoms. The zero-order valence-corrected chi connectivity index (χ0v) is 14.7. The van der Waals surface area contributed by atoms with Crippen LogP contribution in [0.5, 0.6) is 5.75 Å². The van der Waals surface area contributed by atoms with Crippen LogP contribution in [-0.2, 0) is 0 Å². The van der Waals surface area contributed by atoms with E-state index in [4.69, 9.17) is 27.9 Å². The number of amides is 1. The minimum atomic E-state index is -0.874. The van der Waals surface area contributed by atoms with Crippen molar-refractivity contribution < 1.29 is 14.5 Å². The highest BCUT2D eigenvalue weighted by molar-refractivity contribution is 9.10. The molecule has 0 aliphatic rings. The van der Waals surface area contributed by atoms with Crippen LogP contribution in [0.25, 0.3) is 0 Å². The van der Waals surface area contributed by atoms with Crippen molar-refractivity contribution in [1.29, 1.82) is 0 Å². The number of nitro groups is 1. The van der Waals surface area contributed by atoms with E-state index < -0.39 is 11.0 Å². The van der Waals surface area contributed by atoms with Gasteiger partial charge in [-0.3, -0.25) is 15.4 Å². The van der Waals surface area contributed by atoms with E-state index in [1.165, 1.54) is 12.1 Å². The molecule has 23 heavy (non-hydrogen) atoms. The van der Waals surface area contributed by atoms with Gasteiger partial charge in [-0.2, -0.15) is 0 Å². The molecule has 2 aromatic rings. The molecule has 0 bridgehead atoms. The van der Waals surface area contributed by atoms with Crippen molar-refractivity contribution in [2.45, 2.75) is 6.92 Å². The number of nitrogens with zero attached hydrogens (tertiary/aromatic N) is 1. The third kappa shape index (κ3) is 4.34. The second-order valence-electron chi connectivity index (χ2n) is 4.47. The van der Waals surface area contributed by atoms with Crippen molar-refractivity contribution in [3.05, 3.63) is 60.5 Å². The molecular formula is C14H9BrCl2N2O4. The Morgan fingerprint density at radius 2 is 1.96 bits per heavy atom. The molecule has 2 aromatic carbocycles. The number of carbonyl (C=O) groups excluding carboxylic acids is 1. The highest BCUT2D eigenvalue weighted by Gasteiger charge is 2.18. The first-order valence-electron chi connectivity index (χ1n) is 6.16. The van der Waals surface area contributed by atoms with Crippen LogP contribution in [0, 0.1) is 17.0 Å². The first-order valence-corrected chi connectivity index (χ1v) is 7.71. The summed E-state index contributed by atoms with van der Waals surface area (Å²) in [6, 6.07) is 7.08. The lowest BCUT2D eigenvalue weighted by Crippen LogP contribution is -2.18. The van der Waals surface area contributed by atoms with Gasteiger partial charge in [-0.25, -0.2) is 4.79 Å². The Bertz CT molecular complexity index is 775. The lowest BCUT2D eigenvalue weighted by Gasteiger charge is -2.11. The van der Waals surface area contributed by atoms with Gasteiger partial charge in [0.15, 0.2) is 0 Å². The van der Waals surface area contributed by atoms with Crippen molar-refractivity contribution in [3.63, 3.8) is 0 Å². The Balaban J connectivity index is 2.23. The highest BCUT2D eigenvalue weighted by atomic mass is 79.9. The summed E-state index contributed by atoms with van der Waals surface area (Å²) in [4.78, 5) is 22.3. The van der Waals surface area contributed by atoms with Crippen LogP contribution in [0.3, 0.4) is 0 Å². The van der Waals surface area contributed by atoms with E-state index in [-0.39, 0.29) is 22.1 Å². The summed E-state index contributed by atoms with van der Waals surface area (Å²) in [5, 5.41) is 14.0. The van der Waals surface area contributed by atoms with Crippen LogP contribution in [0.4, 0.5) is 16.2 Å². The summed E-state index contributed by atoms with van der Waals surface area (Å²) in [6.07, 6.45) is -0.874. The molecule has 0 saturated heterocycles. The molecule has 0 atom stereocenters. The Morgan fingerprint density at radius 1 is 1.26 bits per heavy atom. The molecule has 0 aromatic heterocycles. The van der Waals surface area contributed by atoms with Gasteiger partial charge in [0.25, 0.3) is 5.69 Å². The maximum absolute atomic E-state index is 12.0. The van der Waals surface area contributed by atoms with Gasteiger partial charge < -0.3 is 4.74 Å². The topological polar surface area (TPSA) is 81.5 Å². The summed E-state index contributed by atoms with van der Waals surface area (Å²) in [5.41, 5.74) is 0.276. The van der Waals surface area contributed by atoms with E-state index in [0.717, 1.165) is 6.07 Å². The molecule has 1 amide bonds. The van der Waals surface area contributed by atoms with Gasteiger partial charge in [-0.05, 0) is 52.7 Å². The quantitative estimate of drug-likeness (QED) is 0.519. The summed E-state index contributed by atoms with van der Waals surface area (Å²) >= 11 is 14.8. The maximum atomic E-state index is 12.0. The van der Waals surface area contributed by atoms with Crippen molar-refractivity contribution >= 4 is 56.6 Å². The average molecular weight is 420 g/mol. The molecule has 0 aliphatic carbocycles. The molecule has 0 heterocycles. The SMILES string of the molecule is Cc1cc(Cl)cc(Br)c1OC(=O)Nc1ccc(Cl)cc1[N+](=O)[O-]. The number of aryl methyl sites for hydroxylation is 1. The van der Waals surface area contributed by atoms with Gasteiger partial charge in [0.2, 0.25) is 0 Å². The van der Waals surface area contributed by atoms with Gasteiger partial charge in [0.1, 0.15) is 11.4 Å². The molecule has 0 unspecified atom stereocenters. The van der Waals surface area contributed by atoms with Gasteiger partial charge in [-0.1, -0.05) is 23.2 Å². The lowest BCUT2D eigenvalue weighted by molar-refractivity contribution is -0.383. The van der Waals surface area contributed by atoms with E-state index in [0.29, 0.717) is 15.1 Å². The lowest BCUT2D eigenvalue weighted by atomic mass is 10.2. The standard InChI is InChI=1S/C14H9BrCl2N2O4/c1-7-4-9(17)5-10(15)13(7)23-14(20)18-11-3-2-8(16)6-12(11)19(21)22/h2-6H,1H3,(H,18,20). The fourth-order valence-electron chi connectivity index (χ4n) is 1.81. The zero-order chi connectivity index (χ0) is 17.1. The minimum absolute atomic E-state index is 0.0212. The van der Waals surface area contributed by atoms with Crippen LogP contribution in [0.1, 0.15) is 5.56 Å². The van der Waals surface area contributed by atoms with E-state index in [9.17, 15) is 14.9 Å². The number of nitro benzene ring substituents is 1. The third-order valence-corrected chi connectivity index (χ3v) is 3.82. The number of nitrogens with one attached hydrogen (secondary N) is 1. The molecular weight excluding hydrogens is 411 g/mol. The van der Waals surface area contributed by atoms with Gasteiger partial charge in [0, 0.05) is 16.1 Å². The number of hydrogen-bond acceptors (Lipinski definition) is 4. The molecule has 1 N–H and O–H groups in total. The second kappa shape index (κ2) is 7.16. The maximum Gasteiger partial charge on any atom is 0.417 e. The number of halogens is 3. The highest BCUT2D eigenvalue weighted by Crippen LogP contribution is 2.33. The van der Waals surface area contributed by atoms with Gasteiger partial charge >= 0.3 is 6.09 Å². The first kappa shape index (κ1) is 17.5. The van der Waals surface area contributed by atoms with Crippen LogP contribution in [0.15, 0.2) is 34.8 Å². The van der Waals surface area contributed by atoms with E-state index in [1.54, 1.807) is 19.1 Å². The van der Waals surface area contributed by atoms with Crippen LogP contribution >= 0.6 is 39.1 Å². The van der Waals surface area contributed by atoms with Crippen LogP contribution < -0.4 is 10.1 Å². The number of anilines is 1. The summed E-state index contributed by atoms with van der Waals surface area (Å²) in [6.45, 7) is 1.71. The summed E-state index contributed by atoms with van der Waals surface area (Å²) in [7, 11) is 0. The van der Waals surface area contributed by atoms with Gasteiger partial charge in [-0.15, -0.1) is 0 Å². The molecule has 120 valence electrons. The number of ether oxygens (including phenoxy) is 1. The largest absolute Gasteiger partial charge is 0.417 e. The molecule has 9 heteroatoms. The Morgan fingerprint density at radius 3 is 2.57 bits per heavy atom. The number of benzene rings is 2. The number of rotatable bonds is 3. The third-order valence-electron chi connectivity index (χ3n) is 2.78. The average Bonchev–Trinajstić information content (AvgIpc) is 2.44. The molecule has 0 fully saturated rings. The van der Waals surface area contributed by atoms with E-state index in [2.05, 4.69) is 21.2 Å². The zero-order valence-electron chi connectivity index (χ0n) is 11.6. The van der Waals surface area contributed by atoms with Crippen molar-refractivity contribution in [2.75, 3.05) is 5.32 Å².